The van der Waals surface area contributed by atoms with Crippen LogP contribution in [0, 0.1) is 6.92 Å². The molecule has 0 aliphatic heterocycles. The number of carbonyl (C=O) groups excluding carboxylic acids is 1. The normalized spacial score (nSPS) is 12.2. The third kappa shape index (κ3) is 4.90. The third-order valence-electron chi connectivity index (χ3n) is 3.55. The van der Waals surface area contributed by atoms with Crippen molar-refractivity contribution in [2.75, 3.05) is 13.4 Å². The number of methoxy groups -OCH3 is 1. The van der Waals surface area contributed by atoms with E-state index in [-0.39, 0.29) is 18.1 Å². The van der Waals surface area contributed by atoms with E-state index in [0.29, 0.717) is 28.2 Å². The standard InChI is InChI=1S/C15H19BrN4O3S2/c1-8-18-11(7-25-8)9(17)4-5-10-13(16)14(22)20(6-12(21)23-2)15(19-10)24-3/h7,9H,4-6,17H2,1-3H3/t9-/m0/s1. The van der Waals surface area contributed by atoms with Crippen LogP contribution < -0.4 is 11.3 Å². The number of nitrogens with two attached hydrogens (primary N) is 1. The van der Waals surface area contributed by atoms with Crippen LogP contribution in [0.15, 0.2) is 19.8 Å². The summed E-state index contributed by atoms with van der Waals surface area (Å²) in [5, 5.41) is 3.39. The number of hydrogen-bond donors (Lipinski definition) is 1. The lowest BCUT2D eigenvalue weighted by Crippen LogP contribution is -2.29. The van der Waals surface area contributed by atoms with Crippen LogP contribution in [0.1, 0.15) is 28.9 Å². The van der Waals surface area contributed by atoms with Gasteiger partial charge in [-0.1, -0.05) is 11.8 Å². The van der Waals surface area contributed by atoms with Crippen LogP contribution in [0.2, 0.25) is 0 Å². The van der Waals surface area contributed by atoms with Crippen molar-refractivity contribution in [3.8, 4) is 0 Å². The van der Waals surface area contributed by atoms with Crippen molar-refractivity contribution < 1.29 is 9.53 Å². The molecular weight excluding hydrogens is 428 g/mol. The number of aromatic nitrogens is 3. The summed E-state index contributed by atoms with van der Waals surface area (Å²) in [6, 6.07) is -0.214. The predicted molar refractivity (Wildman–Crippen MR) is 102 cm³/mol. The van der Waals surface area contributed by atoms with E-state index >= 15 is 0 Å². The number of thiazole rings is 1. The van der Waals surface area contributed by atoms with E-state index in [2.05, 4.69) is 30.6 Å². The maximum Gasteiger partial charge on any atom is 0.325 e. The third-order valence-corrected chi connectivity index (χ3v) is 5.82. The van der Waals surface area contributed by atoms with Gasteiger partial charge in [-0.25, -0.2) is 9.97 Å². The molecule has 2 rings (SSSR count). The van der Waals surface area contributed by atoms with Crippen molar-refractivity contribution in [1.82, 2.24) is 14.5 Å². The molecule has 0 spiro atoms. The Labute approximate surface area is 162 Å². The highest BCUT2D eigenvalue weighted by Gasteiger charge is 2.18. The number of rotatable bonds is 7. The van der Waals surface area contributed by atoms with Gasteiger partial charge < -0.3 is 10.5 Å². The molecule has 7 nitrogen and oxygen atoms in total. The zero-order valence-electron chi connectivity index (χ0n) is 14.1. The Balaban J connectivity index is 2.22. The Kier molecular flexibility index (Phi) is 7.17. The lowest BCUT2D eigenvalue weighted by molar-refractivity contribution is -0.141. The number of aryl methyl sites for hydroxylation is 2. The molecule has 0 saturated carbocycles. The molecule has 0 aromatic carbocycles. The first-order valence-corrected chi connectivity index (χ1v) is 10.3. The molecular formula is C15H19BrN4O3S2. The van der Waals surface area contributed by atoms with Crippen LogP contribution >= 0.6 is 39.0 Å². The van der Waals surface area contributed by atoms with E-state index < -0.39 is 5.97 Å². The summed E-state index contributed by atoms with van der Waals surface area (Å²) in [5.41, 5.74) is 7.35. The monoisotopic (exact) mass is 446 g/mol. The van der Waals surface area contributed by atoms with Crippen molar-refractivity contribution in [2.24, 2.45) is 5.73 Å². The molecule has 2 N–H and O–H groups in total. The first kappa shape index (κ1) is 20.1. The van der Waals surface area contributed by atoms with Gasteiger partial charge >= 0.3 is 5.97 Å². The molecule has 0 aliphatic rings. The molecule has 1 atom stereocenters. The Morgan fingerprint density at radius 2 is 2.24 bits per heavy atom. The number of nitrogens with zero attached hydrogens (tertiary/aromatic N) is 3. The topological polar surface area (TPSA) is 100 Å². The van der Waals surface area contributed by atoms with Crippen LogP contribution in [0.4, 0.5) is 0 Å². The Hall–Kier alpha value is -1.23. The van der Waals surface area contributed by atoms with Crippen LogP contribution in [0.3, 0.4) is 0 Å². The number of carbonyl (C=O) groups is 1. The molecule has 0 aliphatic carbocycles. The highest BCUT2D eigenvalue weighted by Crippen LogP contribution is 2.22. The maximum atomic E-state index is 12.6. The fraction of sp³-hybridized carbons (Fsp3) is 0.467. The zero-order valence-corrected chi connectivity index (χ0v) is 17.3. The number of esters is 1. The highest BCUT2D eigenvalue weighted by atomic mass is 79.9. The number of hydrogen-bond acceptors (Lipinski definition) is 8. The van der Waals surface area contributed by atoms with Crippen LogP contribution in [-0.4, -0.2) is 33.9 Å². The van der Waals surface area contributed by atoms with E-state index in [1.807, 2.05) is 12.3 Å². The van der Waals surface area contributed by atoms with Crippen LogP contribution in [0.25, 0.3) is 0 Å². The highest BCUT2D eigenvalue weighted by molar-refractivity contribution is 9.10. The lowest BCUT2D eigenvalue weighted by atomic mass is 10.1. The van der Waals surface area contributed by atoms with Gasteiger partial charge in [0.25, 0.3) is 5.56 Å². The van der Waals surface area contributed by atoms with E-state index in [9.17, 15) is 9.59 Å². The van der Waals surface area contributed by atoms with E-state index in [1.54, 1.807) is 17.6 Å². The van der Waals surface area contributed by atoms with Gasteiger partial charge in [-0.05, 0) is 42.0 Å². The van der Waals surface area contributed by atoms with Gasteiger partial charge in [0.05, 0.1) is 23.5 Å². The van der Waals surface area contributed by atoms with Gasteiger partial charge in [-0.15, -0.1) is 11.3 Å². The smallest absolute Gasteiger partial charge is 0.325 e. The van der Waals surface area contributed by atoms with E-state index in [1.165, 1.54) is 23.4 Å². The van der Waals surface area contributed by atoms with Crippen molar-refractivity contribution >= 4 is 45.0 Å². The molecule has 0 fully saturated rings. The molecule has 0 radical (unpaired) electrons. The van der Waals surface area contributed by atoms with E-state index in [4.69, 9.17) is 5.73 Å². The number of ether oxygens (including phenoxy) is 1. The molecule has 25 heavy (non-hydrogen) atoms. The predicted octanol–water partition coefficient (Wildman–Crippen LogP) is 2.30. The van der Waals surface area contributed by atoms with Crippen molar-refractivity contribution in [3.05, 3.63) is 36.6 Å². The number of halogens is 1. The fourth-order valence-corrected chi connectivity index (χ4v) is 3.95. The molecule has 0 saturated heterocycles. The maximum absolute atomic E-state index is 12.6. The second-order valence-electron chi connectivity index (χ2n) is 5.26. The van der Waals surface area contributed by atoms with Gasteiger partial charge in [-0.2, -0.15) is 0 Å². The Morgan fingerprint density at radius 3 is 2.80 bits per heavy atom. The molecule has 136 valence electrons. The minimum atomic E-state index is -0.500. The molecule has 10 heteroatoms. The average Bonchev–Trinajstić information content (AvgIpc) is 3.04. The molecule has 0 amide bonds. The summed E-state index contributed by atoms with van der Waals surface area (Å²) in [5.74, 6) is -0.500. The second kappa shape index (κ2) is 8.93. The summed E-state index contributed by atoms with van der Waals surface area (Å²) in [4.78, 5) is 33.0. The molecule has 2 heterocycles. The largest absolute Gasteiger partial charge is 0.468 e. The average molecular weight is 447 g/mol. The first-order chi connectivity index (χ1) is 11.9. The molecule has 2 aromatic rings. The minimum Gasteiger partial charge on any atom is -0.468 e. The summed E-state index contributed by atoms with van der Waals surface area (Å²) >= 11 is 6.16. The Bertz CT molecular complexity index is 822. The molecule has 2 aromatic heterocycles. The fourth-order valence-electron chi connectivity index (χ4n) is 2.20. The first-order valence-electron chi connectivity index (χ1n) is 7.45. The summed E-state index contributed by atoms with van der Waals surface area (Å²) in [6.45, 7) is 1.76. The van der Waals surface area contributed by atoms with Crippen molar-refractivity contribution in [1.29, 1.82) is 0 Å². The van der Waals surface area contributed by atoms with E-state index in [0.717, 1.165) is 10.7 Å². The lowest BCUT2D eigenvalue weighted by Gasteiger charge is -2.14. The summed E-state index contributed by atoms with van der Waals surface area (Å²) < 4.78 is 6.28. The minimum absolute atomic E-state index is 0.172. The molecule has 0 bridgehead atoms. The summed E-state index contributed by atoms with van der Waals surface area (Å²) in [7, 11) is 1.28. The van der Waals surface area contributed by atoms with Gasteiger partial charge in [0, 0.05) is 11.4 Å². The van der Waals surface area contributed by atoms with Gasteiger partial charge in [0.2, 0.25) is 0 Å². The van der Waals surface area contributed by atoms with Gasteiger partial charge in [0.15, 0.2) is 5.16 Å². The quantitative estimate of drug-likeness (QED) is 0.395. The zero-order chi connectivity index (χ0) is 18.6. The van der Waals surface area contributed by atoms with Crippen LogP contribution in [0.5, 0.6) is 0 Å². The second-order valence-corrected chi connectivity index (χ2v) is 7.89. The molecule has 0 unspecified atom stereocenters. The van der Waals surface area contributed by atoms with Crippen molar-refractivity contribution in [3.63, 3.8) is 0 Å². The van der Waals surface area contributed by atoms with Gasteiger partial charge in [0.1, 0.15) is 11.0 Å². The SMILES string of the molecule is COC(=O)Cn1c(SC)nc(CC[C@H](N)c2csc(C)n2)c(Br)c1=O. The number of thioether (sulfide) groups is 1. The van der Waals surface area contributed by atoms with Gasteiger partial charge in [-0.3, -0.25) is 14.2 Å². The van der Waals surface area contributed by atoms with Crippen LogP contribution in [-0.2, 0) is 22.5 Å². The summed E-state index contributed by atoms with van der Waals surface area (Å²) in [6.07, 6.45) is 2.94. The van der Waals surface area contributed by atoms with Crippen molar-refractivity contribution in [2.45, 2.75) is 37.5 Å². The Morgan fingerprint density at radius 1 is 1.52 bits per heavy atom.